The average molecular weight is 604 g/mol. The number of carbonyl (C=O) groups excluding carboxylic acids is 2. The summed E-state index contributed by atoms with van der Waals surface area (Å²) in [6.07, 6.45) is -2.42. The van der Waals surface area contributed by atoms with Crippen molar-refractivity contribution in [1.82, 2.24) is 19.4 Å². The lowest BCUT2D eigenvalue weighted by Crippen LogP contribution is -2.46. The van der Waals surface area contributed by atoms with Crippen LogP contribution in [0.25, 0.3) is 0 Å². The molecule has 1 saturated heterocycles. The largest absolute Gasteiger partial charge is 0.416 e. The SMILES string of the molecule is Cc1cc(C(F)(F)F)cc(N2C(=O)CCC2C(=O)N(C)c2cccc(Cl)c2N(C)Cc2cn3c(n2)C(C)N(C)CC3)n1. The third kappa shape index (κ3) is 5.57. The third-order valence-corrected chi connectivity index (χ3v) is 8.34. The number of carbonyl (C=O) groups is 2. The van der Waals surface area contributed by atoms with Crippen molar-refractivity contribution in [2.24, 2.45) is 0 Å². The Kier molecular flexibility index (Phi) is 7.97. The van der Waals surface area contributed by atoms with Gasteiger partial charge < -0.3 is 14.4 Å². The highest BCUT2D eigenvalue weighted by Gasteiger charge is 2.41. The lowest BCUT2D eigenvalue weighted by Gasteiger charge is -2.31. The van der Waals surface area contributed by atoms with Crippen LogP contribution in [0.1, 0.15) is 48.6 Å². The highest BCUT2D eigenvalue weighted by Crippen LogP contribution is 2.39. The number of benzene rings is 1. The number of aryl methyl sites for hydroxylation is 1. The molecule has 3 aromatic rings. The maximum atomic E-state index is 13.9. The standard InChI is InChI=1S/C29H33ClF3N7O2/c1-17-13-19(29(31,32)33)14-24(34-17)40-23(9-10-25(40)41)28(42)38(5)22-8-6-7-21(30)26(22)37(4)15-20-16-39-12-11-36(3)18(2)27(39)35-20/h6-8,13-14,16,18,23H,9-12,15H2,1-5H3. The van der Waals surface area contributed by atoms with Gasteiger partial charge in [0.15, 0.2) is 0 Å². The van der Waals surface area contributed by atoms with E-state index >= 15 is 0 Å². The Morgan fingerprint density at radius 3 is 2.62 bits per heavy atom. The number of anilines is 3. The molecular weight excluding hydrogens is 571 g/mol. The van der Waals surface area contributed by atoms with E-state index in [0.717, 1.165) is 41.6 Å². The van der Waals surface area contributed by atoms with Crippen molar-refractivity contribution in [3.8, 4) is 0 Å². The Balaban J connectivity index is 1.43. The number of fused-ring (bicyclic) bond motifs is 1. The number of aromatic nitrogens is 3. The minimum atomic E-state index is -4.62. The van der Waals surface area contributed by atoms with Crippen LogP contribution in [-0.2, 0) is 28.9 Å². The first-order valence-corrected chi connectivity index (χ1v) is 14.1. The molecule has 13 heteroatoms. The second kappa shape index (κ2) is 11.2. The van der Waals surface area contributed by atoms with Gasteiger partial charge in [0, 0.05) is 45.5 Å². The molecule has 42 heavy (non-hydrogen) atoms. The molecule has 5 rings (SSSR count). The number of halogens is 4. The molecule has 0 aliphatic carbocycles. The van der Waals surface area contributed by atoms with Gasteiger partial charge in [-0.05, 0) is 51.6 Å². The van der Waals surface area contributed by atoms with Gasteiger partial charge in [-0.2, -0.15) is 13.2 Å². The molecule has 0 N–H and O–H groups in total. The number of imidazole rings is 1. The summed E-state index contributed by atoms with van der Waals surface area (Å²) in [4.78, 5) is 42.5. The summed E-state index contributed by atoms with van der Waals surface area (Å²) in [5.74, 6) is -0.115. The van der Waals surface area contributed by atoms with Crippen LogP contribution < -0.4 is 14.7 Å². The van der Waals surface area contributed by atoms with Gasteiger partial charge in [0.25, 0.3) is 0 Å². The van der Waals surface area contributed by atoms with Crippen molar-refractivity contribution in [1.29, 1.82) is 0 Å². The number of nitrogens with zero attached hydrogens (tertiary/aromatic N) is 7. The van der Waals surface area contributed by atoms with Crippen molar-refractivity contribution in [2.45, 2.75) is 58.0 Å². The highest BCUT2D eigenvalue weighted by atomic mass is 35.5. The number of likely N-dealkylation sites (N-methyl/N-ethyl adjacent to an activating group) is 2. The summed E-state index contributed by atoms with van der Waals surface area (Å²) in [5.41, 5.74) is 1.12. The Bertz CT molecular complexity index is 1530. The molecule has 0 saturated carbocycles. The van der Waals surface area contributed by atoms with Crippen molar-refractivity contribution >= 4 is 40.6 Å². The molecule has 2 aromatic heterocycles. The van der Waals surface area contributed by atoms with Crippen LogP contribution in [0.4, 0.5) is 30.4 Å². The van der Waals surface area contributed by atoms with E-state index in [9.17, 15) is 22.8 Å². The second-order valence-electron chi connectivity index (χ2n) is 11.0. The van der Waals surface area contributed by atoms with Crippen LogP contribution in [0.5, 0.6) is 0 Å². The van der Waals surface area contributed by atoms with E-state index in [0.29, 0.717) is 22.9 Å². The molecule has 2 aliphatic rings. The summed E-state index contributed by atoms with van der Waals surface area (Å²) in [5, 5.41) is 0.418. The molecule has 1 aromatic carbocycles. The van der Waals surface area contributed by atoms with Crippen molar-refractivity contribution in [3.05, 3.63) is 64.3 Å². The van der Waals surface area contributed by atoms with Gasteiger partial charge in [-0.1, -0.05) is 17.7 Å². The Morgan fingerprint density at radius 2 is 1.90 bits per heavy atom. The molecule has 9 nitrogen and oxygen atoms in total. The number of rotatable bonds is 6. The van der Waals surface area contributed by atoms with Gasteiger partial charge in [-0.25, -0.2) is 9.97 Å². The highest BCUT2D eigenvalue weighted by molar-refractivity contribution is 6.34. The van der Waals surface area contributed by atoms with Gasteiger partial charge in [0.05, 0.1) is 40.2 Å². The maximum Gasteiger partial charge on any atom is 0.416 e. The van der Waals surface area contributed by atoms with E-state index in [4.69, 9.17) is 16.6 Å². The normalized spacial score (nSPS) is 19.3. The van der Waals surface area contributed by atoms with Gasteiger partial charge in [-0.3, -0.25) is 19.4 Å². The third-order valence-electron chi connectivity index (χ3n) is 8.04. The van der Waals surface area contributed by atoms with Crippen LogP contribution in [0, 0.1) is 6.92 Å². The molecule has 224 valence electrons. The van der Waals surface area contributed by atoms with Crippen LogP contribution in [-0.4, -0.2) is 65.0 Å². The maximum absolute atomic E-state index is 13.9. The Morgan fingerprint density at radius 1 is 1.17 bits per heavy atom. The number of amides is 2. The minimum absolute atomic E-state index is 0.0160. The lowest BCUT2D eigenvalue weighted by atomic mass is 10.1. The first-order chi connectivity index (χ1) is 19.8. The van der Waals surface area contributed by atoms with Crippen molar-refractivity contribution < 1.29 is 22.8 Å². The van der Waals surface area contributed by atoms with Gasteiger partial charge in [0.2, 0.25) is 11.8 Å². The second-order valence-corrected chi connectivity index (χ2v) is 11.4. The molecular formula is C29H33ClF3N7O2. The van der Waals surface area contributed by atoms with E-state index in [1.165, 1.54) is 11.8 Å². The molecule has 1 fully saturated rings. The van der Waals surface area contributed by atoms with E-state index in [1.807, 2.05) is 18.1 Å². The molecule has 2 unspecified atom stereocenters. The number of hydrogen-bond donors (Lipinski definition) is 0. The smallest absolute Gasteiger partial charge is 0.366 e. The number of para-hydroxylation sites is 1. The summed E-state index contributed by atoms with van der Waals surface area (Å²) in [6.45, 7) is 5.74. The summed E-state index contributed by atoms with van der Waals surface area (Å²) in [6, 6.07) is 6.09. The zero-order chi connectivity index (χ0) is 30.5. The summed E-state index contributed by atoms with van der Waals surface area (Å²) < 4.78 is 42.7. The van der Waals surface area contributed by atoms with E-state index in [2.05, 4.69) is 28.4 Å². The minimum Gasteiger partial charge on any atom is -0.366 e. The number of pyridine rings is 1. The van der Waals surface area contributed by atoms with Gasteiger partial charge >= 0.3 is 6.18 Å². The van der Waals surface area contributed by atoms with E-state index in [1.54, 1.807) is 25.2 Å². The lowest BCUT2D eigenvalue weighted by molar-refractivity contribution is -0.137. The predicted molar refractivity (Wildman–Crippen MR) is 155 cm³/mol. The van der Waals surface area contributed by atoms with Gasteiger partial charge in [0.1, 0.15) is 17.7 Å². The fraction of sp³-hybridized carbons (Fsp3) is 0.448. The molecule has 2 aliphatic heterocycles. The van der Waals surface area contributed by atoms with Gasteiger partial charge in [-0.15, -0.1) is 0 Å². The molecule has 2 atom stereocenters. The fourth-order valence-electron chi connectivity index (χ4n) is 5.69. The number of hydrogen-bond acceptors (Lipinski definition) is 6. The molecule has 0 bridgehead atoms. The first kappa shape index (κ1) is 29.8. The molecule has 0 radical (unpaired) electrons. The number of alkyl halides is 3. The molecule has 4 heterocycles. The van der Waals surface area contributed by atoms with Crippen molar-refractivity contribution in [3.63, 3.8) is 0 Å². The average Bonchev–Trinajstić information content (AvgIpc) is 3.52. The Hall–Kier alpha value is -3.64. The van der Waals surface area contributed by atoms with Crippen LogP contribution in [0.3, 0.4) is 0 Å². The molecule has 0 spiro atoms. The summed E-state index contributed by atoms with van der Waals surface area (Å²) in [7, 11) is 5.50. The first-order valence-electron chi connectivity index (χ1n) is 13.7. The predicted octanol–water partition coefficient (Wildman–Crippen LogP) is 5.06. The quantitative estimate of drug-likeness (QED) is 0.392. The topological polar surface area (TPSA) is 77.8 Å². The van der Waals surface area contributed by atoms with E-state index in [-0.39, 0.29) is 30.4 Å². The van der Waals surface area contributed by atoms with E-state index < -0.39 is 29.6 Å². The summed E-state index contributed by atoms with van der Waals surface area (Å²) >= 11 is 6.67. The van der Waals surface area contributed by atoms with Crippen LogP contribution in [0.15, 0.2) is 36.5 Å². The molecule has 2 amide bonds. The fourth-order valence-corrected chi connectivity index (χ4v) is 6.00. The van der Waals surface area contributed by atoms with Crippen LogP contribution in [0.2, 0.25) is 5.02 Å². The van der Waals surface area contributed by atoms with Crippen molar-refractivity contribution in [2.75, 3.05) is 42.4 Å². The monoisotopic (exact) mass is 603 g/mol. The Labute approximate surface area is 247 Å². The zero-order valence-corrected chi connectivity index (χ0v) is 24.9. The zero-order valence-electron chi connectivity index (χ0n) is 24.1. The van der Waals surface area contributed by atoms with Crippen LogP contribution >= 0.6 is 11.6 Å².